The molecule has 1 aromatic heterocycles. The van der Waals surface area contributed by atoms with Gasteiger partial charge in [-0.2, -0.15) is 11.8 Å². The summed E-state index contributed by atoms with van der Waals surface area (Å²) in [4.78, 5) is 32.5. The van der Waals surface area contributed by atoms with E-state index in [4.69, 9.17) is 14.1 Å². The molecular weight excluding hydrogens is 601 g/mol. The summed E-state index contributed by atoms with van der Waals surface area (Å²) in [5, 5.41) is 12.2. The van der Waals surface area contributed by atoms with Gasteiger partial charge in [-0.1, -0.05) is 87.5 Å². The lowest BCUT2D eigenvalue weighted by Gasteiger charge is -2.44. The first kappa shape index (κ1) is 32.5. The number of pyridine rings is 1. The highest BCUT2D eigenvalue weighted by Crippen LogP contribution is 2.40. The van der Waals surface area contributed by atoms with Gasteiger partial charge in [0, 0.05) is 24.2 Å². The molecule has 234 valence electrons. The van der Waals surface area contributed by atoms with Gasteiger partial charge in [-0.25, -0.2) is 0 Å². The minimum Gasteiger partial charge on any atom is -0.507 e. The minimum absolute atomic E-state index is 0.0997. The van der Waals surface area contributed by atoms with E-state index >= 15 is 0 Å². The molecule has 3 aromatic carbocycles. The molecule has 0 bridgehead atoms. The van der Waals surface area contributed by atoms with E-state index < -0.39 is 14.4 Å². The maximum absolute atomic E-state index is 14.3. The number of hydrogen-bond donors (Lipinski definition) is 1. The minimum atomic E-state index is -2.91. The molecule has 1 aliphatic rings. The van der Waals surface area contributed by atoms with Crippen molar-refractivity contribution in [2.45, 2.75) is 44.9 Å². The maximum atomic E-state index is 14.3. The number of benzene rings is 3. The van der Waals surface area contributed by atoms with Gasteiger partial charge in [0.15, 0.2) is 6.29 Å². The molecule has 0 aliphatic carbocycles. The van der Waals surface area contributed by atoms with E-state index in [1.807, 2.05) is 30.0 Å². The van der Waals surface area contributed by atoms with Crippen LogP contribution in [-0.4, -0.2) is 66.2 Å². The Morgan fingerprint density at radius 2 is 1.69 bits per heavy atom. The molecule has 0 spiro atoms. The van der Waals surface area contributed by atoms with Crippen LogP contribution in [0, 0.1) is 0 Å². The van der Waals surface area contributed by atoms with Gasteiger partial charge >= 0.3 is 0 Å². The molecule has 1 saturated heterocycles. The lowest BCUT2D eigenvalue weighted by atomic mass is 10.1. The highest BCUT2D eigenvalue weighted by molar-refractivity contribution is 7.99. The van der Waals surface area contributed by atoms with Crippen LogP contribution in [0.15, 0.2) is 97.2 Å². The second-order valence-electron chi connectivity index (χ2n) is 12.2. The number of carbonyl (C=O) groups is 2. The molecule has 1 amide bonds. The van der Waals surface area contributed by atoms with Gasteiger partial charge < -0.3 is 19.2 Å². The van der Waals surface area contributed by atoms with Gasteiger partial charge in [0.1, 0.15) is 18.1 Å². The molecule has 45 heavy (non-hydrogen) atoms. The van der Waals surface area contributed by atoms with Crippen LogP contribution in [0.4, 0.5) is 0 Å². The Kier molecular flexibility index (Phi) is 10.1. The molecule has 5 rings (SSSR count). The normalized spacial score (nSPS) is 16.2. The highest BCUT2D eigenvalue weighted by Gasteiger charge is 2.51. The number of rotatable bonds is 10. The molecule has 4 aromatic rings. The Labute approximate surface area is 270 Å². The van der Waals surface area contributed by atoms with Crippen LogP contribution in [0.2, 0.25) is 5.04 Å². The standard InChI is InChI=1S/C36H40N2O5SSi/c1-26(43-45(36(2,3)4,28-13-7-5-8-14-28)29-15-9-6-10-16-29)34-30(17-12-20-37-34)35(41)38-21-22-44-25-27(38)24-42-33-19-11-18-32(40)31(33)23-39/h5-20,23,26-27,40H,21-22,24-25H2,1-4H3/t26?,27-/m1/s1. The third-order valence-corrected chi connectivity index (χ3v) is 14.5. The predicted molar refractivity (Wildman–Crippen MR) is 182 cm³/mol. The van der Waals surface area contributed by atoms with Crippen molar-refractivity contribution in [2.75, 3.05) is 24.7 Å². The number of aromatic hydroxyl groups is 1. The van der Waals surface area contributed by atoms with E-state index in [-0.39, 0.29) is 34.9 Å². The lowest BCUT2D eigenvalue weighted by Crippen LogP contribution is -2.66. The summed E-state index contributed by atoms with van der Waals surface area (Å²) in [7, 11) is -2.91. The zero-order valence-corrected chi connectivity index (χ0v) is 28.0. The van der Waals surface area contributed by atoms with Crippen LogP contribution in [0.3, 0.4) is 0 Å². The Balaban J connectivity index is 1.47. The summed E-state index contributed by atoms with van der Waals surface area (Å²) < 4.78 is 13.3. The largest absolute Gasteiger partial charge is 0.507 e. The number of carbonyl (C=O) groups excluding carboxylic acids is 2. The van der Waals surface area contributed by atoms with E-state index in [1.165, 1.54) is 6.07 Å². The predicted octanol–water partition coefficient (Wildman–Crippen LogP) is 5.87. The van der Waals surface area contributed by atoms with E-state index in [9.17, 15) is 14.7 Å². The Morgan fingerprint density at radius 1 is 1.02 bits per heavy atom. The number of ether oxygens (including phenoxy) is 1. The van der Waals surface area contributed by atoms with Crippen LogP contribution in [-0.2, 0) is 4.43 Å². The maximum Gasteiger partial charge on any atom is 0.261 e. The van der Waals surface area contributed by atoms with Crippen molar-refractivity contribution in [1.82, 2.24) is 9.88 Å². The fraction of sp³-hybridized carbons (Fsp3) is 0.306. The number of amides is 1. The zero-order chi connectivity index (χ0) is 32.0. The van der Waals surface area contributed by atoms with Gasteiger partial charge in [-0.3, -0.25) is 14.6 Å². The second-order valence-corrected chi connectivity index (χ2v) is 17.6. The quantitative estimate of drug-likeness (QED) is 0.171. The summed E-state index contributed by atoms with van der Waals surface area (Å²) in [6, 6.07) is 29.0. The Hall–Kier alpha value is -3.92. The van der Waals surface area contributed by atoms with Crippen LogP contribution in [0.25, 0.3) is 0 Å². The fourth-order valence-electron chi connectivity index (χ4n) is 6.11. The van der Waals surface area contributed by atoms with Crippen molar-refractivity contribution in [3.63, 3.8) is 0 Å². The summed E-state index contributed by atoms with van der Waals surface area (Å²) in [6.07, 6.45) is 1.82. The van der Waals surface area contributed by atoms with Crippen LogP contribution in [0.1, 0.15) is 60.2 Å². The summed E-state index contributed by atoms with van der Waals surface area (Å²) in [6.45, 7) is 9.43. The van der Waals surface area contributed by atoms with Crippen molar-refractivity contribution < 1.29 is 23.9 Å². The van der Waals surface area contributed by atoms with Crippen LogP contribution < -0.4 is 15.1 Å². The van der Waals surface area contributed by atoms with E-state index in [2.05, 4.69) is 69.3 Å². The number of aldehydes is 1. The summed E-state index contributed by atoms with van der Waals surface area (Å²) in [5.74, 6) is 1.52. The Morgan fingerprint density at radius 3 is 2.31 bits per heavy atom. The van der Waals surface area contributed by atoms with E-state index in [1.54, 1.807) is 36.2 Å². The molecule has 1 unspecified atom stereocenters. The first-order valence-corrected chi connectivity index (χ1v) is 18.3. The third kappa shape index (κ3) is 6.71. The van der Waals surface area contributed by atoms with Crippen LogP contribution in [0.5, 0.6) is 11.5 Å². The molecule has 1 fully saturated rings. The van der Waals surface area contributed by atoms with Crippen molar-refractivity contribution in [3.8, 4) is 11.5 Å². The van der Waals surface area contributed by atoms with Gasteiger partial charge in [-0.05, 0) is 46.6 Å². The number of aromatic nitrogens is 1. The van der Waals surface area contributed by atoms with Crippen molar-refractivity contribution >= 4 is 42.6 Å². The average molecular weight is 641 g/mol. The van der Waals surface area contributed by atoms with E-state index in [0.717, 1.165) is 16.1 Å². The molecule has 2 heterocycles. The second kappa shape index (κ2) is 14.0. The average Bonchev–Trinajstić information content (AvgIpc) is 3.06. The third-order valence-electron chi connectivity index (χ3n) is 8.30. The van der Waals surface area contributed by atoms with Gasteiger partial charge in [0.05, 0.1) is 29.0 Å². The topological polar surface area (TPSA) is 89.0 Å². The first-order valence-electron chi connectivity index (χ1n) is 15.2. The molecular formula is C36H40N2O5SSi. The molecule has 0 saturated carbocycles. The highest BCUT2D eigenvalue weighted by atomic mass is 32.2. The van der Waals surface area contributed by atoms with Gasteiger partial charge in [0.2, 0.25) is 0 Å². The first-order chi connectivity index (χ1) is 21.7. The Bertz CT molecular complexity index is 1570. The van der Waals surface area contributed by atoms with Gasteiger partial charge in [-0.15, -0.1) is 0 Å². The zero-order valence-electron chi connectivity index (χ0n) is 26.2. The molecule has 9 heteroatoms. The number of thioether (sulfide) groups is 1. The monoisotopic (exact) mass is 640 g/mol. The van der Waals surface area contributed by atoms with Gasteiger partial charge in [0.25, 0.3) is 14.2 Å². The van der Waals surface area contributed by atoms with E-state index in [0.29, 0.717) is 35.6 Å². The van der Waals surface area contributed by atoms with Crippen molar-refractivity contribution in [3.05, 3.63) is 114 Å². The molecule has 7 nitrogen and oxygen atoms in total. The molecule has 0 radical (unpaired) electrons. The van der Waals surface area contributed by atoms with Crippen molar-refractivity contribution in [2.24, 2.45) is 0 Å². The fourth-order valence-corrected chi connectivity index (χ4v) is 11.8. The van der Waals surface area contributed by atoms with Crippen molar-refractivity contribution in [1.29, 1.82) is 0 Å². The van der Waals surface area contributed by atoms with Crippen LogP contribution >= 0.6 is 11.8 Å². The number of nitrogens with zero attached hydrogens (tertiary/aromatic N) is 2. The summed E-state index contributed by atoms with van der Waals surface area (Å²) in [5.41, 5.74) is 1.21. The smallest absolute Gasteiger partial charge is 0.261 e. The number of phenolic OH excluding ortho intramolecular Hbond substituents is 1. The number of hydrogen-bond acceptors (Lipinski definition) is 7. The molecule has 1 N–H and O–H groups in total. The SMILES string of the molecule is CC(O[Si](c1ccccc1)(c1ccccc1)C(C)(C)C)c1ncccc1C(=O)N1CCSC[C@H]1COc1cccc(O)c1C=O. The molecule has 2 atom stereocenters. The summed E-state index contributed by atoms with van der Waals surface area (Å²) >= 11 is 1.76. The molecule has 1 aliphatic heterocycles. The lowest BCUT2D eigenvalue weighted by molar-refractivity contribution is 0.0640. The number of phenols is 1.